The summed E-state index contributed by atoms with van der Waals surface area (Å²) in [7, 11) is 1.81. The Balaban J connectivity index is 0.00000280. The molecule has 0 amide bonds. The molecular weight excluding hydrogens is 461 g/mol. The van der Waals surface area contributed by atoms with Crippen LogP contribution in [0.2, 0.25) is 0 Å². The first-order chi connectivity index (χ1) is 13.3. The van der Waals surface area contributed by atoms with E-state index in [0.717, 1.165) is 44.4 Å². The minimum Gasteiger partial charge on any atom is -0.357 e. The summed E-state index contributed by atoms with van der Waals surface area (Å²) in [4.78, 5) is 11.3. The Hall–Kier alpha value is -1.83. The van der Waals surface area contributed by atoms with Crippen LogP contribution in [0, 0.1) is 0 Å². The van der Waals surface area contributed by atoms with Crippen molar-refractivity contribution >= 4 is 35.8 Å². The van der Waals surface area contributed by atoms with Gasteiger partial charge in [0.15, 0.2) is 5.96 Å². The highest BCUT2D eigenvalue weighted by atomic mass is 127. The molecule has 1 aromatic carbocycles. The van der Waals surface area contributed by atoms with Gasteiger partial charge in [-0.1, -0.05) is 43.2 Å². The number of guanidine groups is 1. The number of aromatic nitrogens is 1. The van der Waals surface area contributed by atoms with Crippen LogP contribution in [-0.4, -0.2) is 37.6 Å². The van der Waals surface area contributed by atoms with Gasteiger partial charge in [-0.05, 0) is 42.5 Å². The molecule has 0 radical (unpaired) electrons. The highest BCUT2D eigenvalue weighted by molar-refractivity contribution is 14.0. The van der Waals surface area contributed by atoms with E-state index >= 15 is 0 Å². The summed E-state index contributed by atoms with van der Waals surface area (Å²) in [5.74, 6) is 1.93. The number of pyridine rings is 1. The Bertz CT molecular complexity index is 712. The van der Waals surface area contributed by atoms with Crippen molar-refractivity contribution < 1.29 is 0 Å². The molecule has 3 rings (SSSR count). The first-order valence-corrected chi connectivity index (χ1v) is 10.0. The molecule has 28 heavy (non-hydrogen) atoms. The van der Waals surface area contributed by atoms with E-state index in [2.05, 4.69) is 61.9 Å². The number of nitrogens with zero attached hydrogens (tertiary/aromatic N) is 3. The largest absolute Gasteiger partial charge is 0.357 e. The molecule has 6 heteroatoms. The Morgan fingerprint density at radius 2 is 1.75 bits per heavy atom. The van der Waals surface area contributed by atoms with E-state index in [1.165, 1.54) is 36.8 Å². The fourth-order valence-electron chi connectivity index (χ4n) is 3.42. The van der Waals surface area contributed by atoms with E-state index in [9.17, 15) is 0 Å². The molecule has 1 aliphatic heterocycles. The van der Waals surface area contributed by atoms with Crippen molar-refractivity contribution in [1.82, 2.24) is 15.6 Å². The summed E-state index contributed by atoms with van der Waals surface area (Å²) in [6.07, 6.45) is 8.11. The molecule has 1 aliphatic rings. The quantitative estimate of drug-likeness (QED) is 0.363. The van der Waals surface area contributed by atoms with Gasteiger partial charge in [-0.2, -0.15) is 0 Å². The molecule has 1 fully saturated rings. The second kappa shape index (κ2) is 12.6. The van der Waals surface area contributed by atoms with Gasteiger partial charge in [0.2, 0.25) is 0 Å². The van der Waals surface area contributed by atoms with Crippen molar-refractivity contribution in [3.8, 4) is 0 Å². The van der Waals surface area contributed by atoms with Gasteiger partial charge in [-0.3, -0.25) is 4.99 Å². The van der Waals surface area contributed by atoms with E-state index in [-0.39, 0.29) is 24.0 Å². The van der Waals surface area contributed by atoms with Crippen LogP contribution in [0.5, 0.6) is 0 Å². The van der Waals surface area contributed by atoms with Gasteiger partial charge >= 0.3 is 0 Å². The molecule has 0 unspecified atom stereocenters. The van der Waals surface area contributed by atoms with Crippen molar-refractivity contribution in [1.29, 1.82) is 0 Å². The summed E-state index contributed by atoms with van der Waals surface area (Å²) in [5.41, 5.74) is 2.56. The molecule has 0 spiro atoms. The predicted molar refractivity (Wildman–Crippen MR) is 129 cm³/mol. The summed E-state index contributed by atoms with van der Waals surface area (Å²) >= 11 is 0. The van der Waals surface area contributed by atoms with Gasteiger partial charge in [0.1, 0.15) is 5.82 Å². The molecule has 0 bridgehead atoms. The molecule has 1 saturated heterocycles. The average molecular weight is 493 g/mol. The van der Waals surface area contributed by atoms with Crippen molar-refractivity contribution in [2.24, 2.45) is 4.99 Å². The maximum absolute atomic E-state index is 4.59. The number of benzene rings is 1. The number of halogens is 1. The van der Waals surface area contributed by atoms with Crippen LogP contribution in [0.3, 0.4) is 0 Å². The minimum atomic E-state index is 0. The van der Waals surface area contributed by atoms with Gasteiger partial charge in [-0.25, -0.2) is 4.98 Å². The normalized spacial score (nSPS) is 14.8. The number of rotatable bonds is 6. The van der Waals surface area contributed by atoms with E-state index in [4.69, 9.17) is 0 Å². The number of hydrogen-bond acceptors (Lipinski definition) is 3. The van der Waals surface area contributed by atoms with Crippen molar-refractivity contribution in [3.63, 3.8) is 0 Å². The van der Waals surface area contributed by atoms with E-state index in [1.54, 1.807) is 0 Å². The smallest absolute Gasteiger partial charge is 0.191 e. The predicted octanol–water partition coefficient (Wildman–Crippen LogP) is 3.99. The topological polar surface area (TPSA) is 52.6 Å². The Morgan fingerprint density at radius 3 is 2.46 bits per heavy atom. The first-order valence-electron chi connectivity index (χ1n) is 10.0. The number of hydrogen-bond donors (Lipinski definition) is 2. The van der Waals surface area contributed by atoms with Gasteiger partial charge in [0, 0.05) is 39.4 Å². The third-order valence-electron chi connectivity index (χ3n) is 4.97. The molecule has 1 aromatic heterocycles. The van der Waals surface area contributed by atoms with Crippen LogP contribution in [0.25, 0.3) is 0 Å². The van der Waals surface area contributed by atoms with Crippen molar-refractivity contribution in [2.45, 2.75) is 38.6 Å². The van der Waals surface area contributed by atoms with Gasteiger partial charge < -0.3 is 15.5 Å². The highest BCUT2D eigenvalue weighted by Gasteiger charge is 2.11. The number of anilines is 1. The summed E-state index contributed by atoms with van der Waals surface area (Å²) in [5, 5.41) is 6.79. The van der Waals surface area contributed by atoms with E-state index in [0.29, 0.717) is 0 Å². The molecule has 2 N–H and O–H groups in total. The Kier molecular flexibility index (Phi) is 10.1. The van der Waals surface area contributed by atoms with Crippen LogP contribution in [-0.2, 0) is 13.0 Å². The molecule has 0 aliphatic carbocycles. The standard InChI is InChI=1S/C22H31N5.HI/c1-23-22(25-14-11-19-9-5-4-6-10-19)26-18-20-12-13-24-21(17-20)27-15-7-2-3-8-16-27;/h4-6,9-10,12-13,17H,2-3,7-8,11,14-16,18H2,1H3,(H2,23,25,26);1H. The lowest BCUT2D eigenvalue weighted by Gasteiger charge is -2.22. The van der Waals surface area contributed by atoms with Crippen LogP contribution >= 0.6 is 24.0 Å². The van der Waals surface area contributed by atoms with Crippen LogP contribution in [0.1, 0.15) is 36.8 Å². The van der Waals surface area contributed by atoms with Crippen molar-refractivity contribution in [3.05, 3.63) is 59.8 Å². The fraction of sp³-hybridized carbons (Fsp3) is 0.455. The van der Waals surface area contributed by atoms with E-state index < -0.39 is 0 Å². The summed E-state index contributed by atoms with van der Waals surface area (Å²) in [6.45, 7) is 3.84. The zero-order chi connectivity index (χ0) is 18.7. The van der Waals surface area contributed by atoms with E-state index in [1.807, 2.05) is 19.3 Å². The SMILES string of the molecule is CN=C(NCCc1ccccc1)NCc1ccnc(N2CCCCCC2)c1.I. The lowest BCUT2D eigenvalue weighted by molar-refractivity contribution is 0.726. The fourth-order valence-corrected chi connectivity index (χ4v) is 3.42. The van der Waals surface area contributed by atoms with Crippen LogP contribution < -0.4 is 15.5 Å². The third kappa shape index (κ3) is 7.30. The molecular formula is C22H32IN5. The van der Waals surface area contributed by atoms with Gasteiger partial charge in [0.25, 0.3) is 0 Å². The second-order valence-corrected chi connectivity index (χ2v) is 7.01. The molecule has 0 atom stereocenters. The summed E-state index contributed by atoms with van der Waals surface area (Å²) < 4.78 is 0. The zero-order valence-electron chi connectivity index (χ0n) is 16.7. The highest BCUT2D eigenvalue weighted by Crippen LogP contribution is 2.18. The van der Waals surface area contributed by atoms with Gasteiger partial charge in [-0.15, -0.1) is 24.0 Å². The molecule has 2 heterocycles. The minimum absolute atomic E-state index is 0. The first kappa shape index (κ1) is 22.5. The third-order valence-corrected chi connectivity index (χ3v) is 4.97. The second-order valence-electron chi connectivity index (χ2n) is 7.01. The lowest BCUT2D eigenvalue weighted by Crippen LogP contribution is -2.37. The maximum Gasteiger partial charge on any atom is 0.191 e. The van der Waals surface area contributed by atoms with Crippen LogP contribution in [0.4, 0.5) is 5.82 Å². The summed E-state index contributed by atoms with van der Waals surface area (Å²) in [6, 6.07) is 14.8. The number of nitrogens with one attached hydrogen (secondary N) is 2. The molecule has 0 saturated carbocycles. The average Bonchev–Trinajstić information content (AvgIpc) is 3.01. The maximum atomic E-state index is 4.59. The Labute approximate surface area is 186 Å². The zero-order valence-corrected chi connectivity index (χ0v) is 19.1. The Morgan fingerprint density at radius 1 is 1.00 bits per heavy atom. The van der Waals surface area contributed by atoms with Gasteiger partial charge in [0.05, 0.1) is 0 Å². The molecule has 152 valence electrons. The molecule has 5 nitrogen and oxygen atoms in total. The molecule has 2 aromatic rings. The lowest BCUT2D eigenvalue weighted by atomic mass is 10.1. The van der Waals surface area contributed by atoms with Crippen molar-refractivity contribution in [2.75, 3.05) is 31.6 Å². The van der Waals surface area contributed by atoms with Crippen LogP contribution in [0.15, 0.2) is 53.7 Å². The number of aliphatic imine (C=N–C) groups is 1. The monoisotopic (exact) mass is 493 g/mol.